The van der Waals surface area contributed by atoms with Gasteiger partial charge in [0.1, 0.15) is 12.1 Å². The molecule has 1 nitrogen and oxygen atoms in total. The molecule has 0 aliphatic rings. The van der Waals surface area contributed by atoms with Gasteiger partial charge in [-0.25, -0.2) is 4.39 Å². The Morgan fingerprint density at radius 1 is 1.28 bits per heavy atom. The highest BCUT2D eigenvalue weighted by molar-refractivity contribution is 7.16. The number of hydrogen-bond donors (Lipinski definition) is 0. The van der Waals surface area contributed by atoms with Gasteiger partial charge in [-0.3, -0.25) is 4.79 Å². The van der Waals surface area contributed by atoms with Crippen LogP contribution in [0.3, 0.4) is 0 Å². The van der Waals surface area contributed by atoms with Gasteiger partial charge >= 0.3 is 0 Å². The second kappa shape index (κ2) is 5.74. The molecule has 18 heavy (non-hydrogen) atoms. The number of benzene rings is 1. The van der Waals surface area contributed by atoms with Crippen LogP contribution in [0.25, 0.3) is 16.5 Å². The van der Waals surface area contributed by atoms with E-state index in [4.69, 9.17) is 0 Å². The first kappa shape index (κ1) is 12.7. The Kier molecular flexibility index (Phi) is 4.05. The van der Waals surface area contributed by atoms with E-state index in [0.29, 0.717) is 12.0 Å². The van der Waals surface area contributed by atoms with Gasteiger partial charge in [0.25, 0.3) is 0 Å². The maximum absolute atomic E-state index is 13.6. The van der Waals surface area contributed by atoms with Crippen LogP contribution >= 0.6 is 11.3 Å². The van der Waals surface area contributed by atoms with Crippen molar-refractivity contribution in [3.05, 3.63) is 52.7 Å². The lowest BCUT2D eigenvalue weighted by Gasteiger charge is -1.98. The number of hydrogen-bond acceptors (Lipinski definition) is 2. The number of thiophene rings is 1. The highest BCUT2D eigenvalue weighted by Crippen LogP contribution is 2.31. The number of carbonyl (C=O) groups is 1. The molecule has 0 aliphatic carbocycles. The zero-order chi connectivity index (χ0) is 13.0. The van der Waals surface area contributed by atoms with Crippen molar-refractivity contribution in [1.29, 1.82) is 0 Å². The standard InChI is InChI=1S/C15H13FOS/c1-2-11(10-17)9-12-7-8-15(18-12)13-5-3-4-6-14(13)16/h3-10H,2H2,1H3. The van der Waals surface area contributed by atoms with E-state index in [-0.39, 0.29) is 5.82 Å². The van der Waals surface area contributed by atoms with Crippen LogP contribution in [-0.4, -0.2) is 6.29 Å². The van der Waals surface area contributed by atoms with E-state index in [1.807, 2.05) is 31.2 Å². The van der Waals surface area contributed by atoms with Crippen molar-refractivity contribution in [2.75, 3.05) is 0 Å². The Morgan fingerprint density at radius 2 is 2.06 bits per heavy atom. The Labute approximate surface area is 110 Å². The zero-order valence-corrected chi connectivity index (χ0v) is 10.8. The summed E-state index contributed by atoms with van der Waals surface area (Å²) < 4.78 is 13.6. The minimum Gasteiger partial charge on any atom is -0.298 e. The fraction of sp³-hybridized carbons (Fsp3) is 0.133. The lowest BCUT2D eigenvalue weighted by molar-refractivity contribution is -0.104. The van der Waals surface area contributed by atoms with E-state index in [1.165, 1.54) is 17.4 Å². The SMILES string of the molecule is CCC(C=O)=Cc1ccc(-c2ccccc2F)s1. The maximum atomic E-state index is 13.6. The normalized spacial score (nSPS) is 11.6. The minimum absolute atomic E-state index is 0.221. The number of halogens is 1. The summed E-state index contributed by atoms with van der Waals surface area (Å²) in [6.45, 7) is 1.94. The summed E-state index contributed by atoms with van der Waals surface area (Å²) >= 11 is 1.48. The average Bonchev–Trinajstić information content (AvgIpc) is 2.85. The van der Waals surface area contributed by atoms with Crippen LogP contribution < -0.4 is 0 Å². The Hall–Kier alpha value is -1.74. The number of allylic oxidation sites excluding steroid dienone is 1. The molecule has 2 rings (SSSR count). The molecule has 0 saturated heterocycles. The molecule has 1 heterocycles. The van der Waals surface area contributed by atoms with Crippen molar-refractivity contribution >= 4 is 23.7 Å². The monoisotopic (exact) mass is 260 g/mol. The largest absolute Gasteiger partial charge is 0.298 e. The zero-order valence-electron chi connectivity index (χ0n) is 10.0. The van der Waals surface area contributed by atoms with E-state index in [2.05, 4.69) is 0 Å². The van der Waals surface area contributed by atoms with Crippen LogP contribution in [0, 0.1) is 5.82 Å². The summed E-state index contributed by atoms with van der Waals surface area (Å²) in [5.74, 6) is -0.221. The molecule has 2 aromatic rings. The van der Waals surface area contributed by atoms with E-state index in [9.17, 15) is 9.18 Å². The maximum Gasteiger partial charge on any atom is 0.146 e. The molecule has 0 spiro atoms. The van der Waals surface area contributed by atoms with Crippen LogP contribution in [0.2, 0.25) is 0 Å². The van der Waals surface area contributed by atoms with Crippen molar-refractivity contribution in [2.45, 2.75) is 13.3 Å². The van der Waals surface area contributed by atoms with Crippen molar-refractivity contribution in [3.63, 3.8) is 0 Å². The van der Waals surface area contributed by atoms with Crippen LogP contribution in [0.1, 0.15) is 18.2 Å². The Balaban J connectivity index is 2.34. The van der Waals surface area contributed by atoms with Gasteiger partial charge < -0.3 is 0 Å². The average molecular weight is 260 g/mol. The van der Waals surface area contributed by atoms with Gasteiger partial charge in [-0.15, -0.1) is 11.3 Å². The van der Waals surface area contributed by atoms with Gasteiger partial charge in [0.05, 0.1) is 0 Å². The van der Waals surface area contributed by atoms with Crippen LogP contribution in [0.4, 0.5) is 4.39 Å². The number of carbonyl (C=O) groups excluding carboxylic acids is 1. The van der Waals surface area contributed by atoms with Crippen LogP contribution in [0.15, 0.2) is 42.0 Å². The third-order valence-corrected chi connectivity index (χ3v) is 3.72. The fourth-order valence-electron chi connectivity index (χ4n) is 1.64. The highest BCUT2D eigenvalue weighted by Gasteiger charge is 2.06. The van der Waals surface area contributed by atoms with Gasteiger partial charge in [0, 0.05) is 15.3 Å². The van der Waals surface area contributed by atoms with Gasteiger partial charge in [0.2, 0.25) is 0 Å². The Bertz CT molecular complexity index is 584. The second-order valence-electron chi connectivity index (χ2n) is 3.87. The van der Waals surface area contributed by atoms with Gasteiger partial charge in [-0.05, 0) is 36.3 Å². The molecular weight excluding hydrogens is 247 g/mol. The van der Waals surface area contributed by atoms with Crippen molar-refractivity contribution < 1.29 is 9.18 Å². The smallest absolute Gasteiger partial charge is 0.146 e. The molecule has 0 unspecified atom stereocenters. The third-order valence-electron chi connectivity index (χ3n) is 2.65. The lowest BCUT2D eigenvalue weighted by Crippen LogP contribution is -1.79. The molecule has 92 valence electrons. The molecule has 0 bridgehead atoms. The van der Waals surface area contributed by atoms with E-state index >= 15 is 0 Å². The van der Waals surface area contributed by atoms with Crippen molar-refractivity contribution in [3.8, 4) is 10.4 Å². The lowest BCUT2D eigenvalue weighted by atomic mass is 10.2. The second-order valence-corrected chi connectivity index (χ2v) is 4.99. The van der Waals surface area contributed by atoms with Gasteiger partial charge in [-0.1, -0.05) is 25.1 Å². The molecular formula is C15H13FOS. The first-order valence-corrected chi connectivity index (χ1v) is 6.56. The summed E-state index contributed by atoms with van der Waals surface area (Å²) in [6.07, 6.45) is 3.42. The topological polar surface area (TPSA) is 17.1 Å². The fourth-order valence-corrected chi connectivity index (χ4v) is 2.65. The molecule has 0 amide bonds. The van der Waals surface area contributed by atoms with Crippen molar-refractivity contribution in [2.24, 2.45) is 0 Å². The highest BCUT2D eigenvalue weighted by atomic mass is 32.1. The molecule has 0 atom stereocenters. The first-order valence-electron chi connectivity index (χ1n) is 5.75. The van der Waals surface area contributed by atoms with Crippen LogP contribution in [-0.2, 0) is 4.79 Å². The molecule has 0 N–H and O–H groups in total. The van der Waals surface area contributed by atoms with Crippen molar-refractivity contribution in [1.82, 2.24) is 0 Å². The summed E-state index contributed by atoms with van der Waals surface area (Å²) in [5.41, 5.74) is 1.35. The predicted molar refractivity (Wildman–Crippen MR) is 74.0 cm³/mol. The summed E-state index contributed by atoms with van der Waals surface area (Å²) in [5, 5.41) is 0. The summed E-state index contributed by atoms with van der Waals surface area (Å²) in [6, 6.07) is 10.5. The molecule has 1 aromatic heterocycles. The minimum atomic E-state index is -0.221. The molecule has 0 fully saturated rings. The molecule has 0 aliphatic heterocycles. The molecule has 0 saturated carbocycles. The van der Waals surface area contributed by atoms with E-state index in [0.717, 1.165) is 21.6 Å². The van der Waals surface area contributed by atoms with E-state index in [1.54, 1.807) is 12.1 Å². The Morgan fingerprint density at radius 3 is 2.72 bits per heavy atom. The number of aldehydes is 1. The predicted octanol–water partition coefficient (Wildman–Crippen LogP) is 4.55. The molecule has 1 aromatic carbocycles. The summed E-state index contributed by atoms with van der Waals surface area (Å²) in [7, 11) is 0. The van der Waals surface area contributed by atoms with Crippen LogP contribution in [0.5, 0.6) is 0 Å². The first-order chi connectivity index (χ1) is 8.74. The van der Waals surface area contributed by atoms with Gasteiger partial charge in [-0.2, -0.15) is 0 Å². The number of rotatable bonds is 4. The summed E-state index contributed by atoms with van der Waals surface area (Å²) in [4.78, 5) is 12.6. The molecule has 3 heteroatoms. The molecule has 0 radical (unpaired) electrons. The van der Waals surface area contributed by atoms with E-state index < -0.39 is 0 Å². The quantitative estimate of drug-likeness (QED) is 0.582. The third kappa shape index (κ3) is 2.74. The van der Waals surface area contributed by atoms with Gasteiger partial charge in [0.15, 0.2) is 0 Å².